The van der Waals surface area contributed by atoms with Crippen molar-refractivity contribution in [3.63, 3.8) is 0 Å². The fourth-order valence-corrected chi connectivity index (χ4v) is 3.59. The normalized spacial score (nSPS) is 33.7. The first-order valence-electron chi connectivity index (χ1n) is 7.36. The number of carbonyl (C=O) groups excluding carboxylic acids is 2. The van der Waals surface area contributed by atoms with Crippen molar-refractivity contribution in [2.45, 2.75) is 38.3 Å². The summed E-state index contributed by atoms with van der Waals surface area (Å²) in [5.74, 6) is -0.645. The summed E-state index contributed by atoms with van der Waals surface area (Å²) >= 11 is 0. The Bertz CT molecular complexity index is 426. The van der Waals surface area contributed by atoms with Crippen molar-refractivity contribution in [3.8, 4) is 0 Å². The van der Waals surface area contributed by atoms with E-state index in [1.54, 1.807) is 0 Å². The van der Waals surface area contributed by atoms with Gasteiger partial charge in [-0.05, 0) is 12.8 Å². The van der Waals surface area contributed by atoms with Gasteiger partial charge in [0.1, 0.15) is 12.1 Å². The zero-order valence-corrected chi connectivity index (χ0v) is 12.7. The van der Waals surface area contributed by atoms with Crippen LogP contribution in [0, 0.1) is 11.3 Å². The van der Waals surface area contributed by atoms with Gasteiger partial charge in [-0.3, -0.25) is 9.59 Å². The summed E-state index contributed by atoms with van der Waals surface area (Å²) in [7, 11) is 0. The number of hydrogen-bond donors (Lipinski definition) is 3. The molecule has 2 rings (SSSR count). The first-order valence-corrected chi connectivity index (χ1v) is 7.36. The maximum Gasteiger partial charge on any atom is 0.243 e. The van der Waals surface area contributed by atoms with Crippen LogP contribution >= 0.6 is 0 Å². The van der Waals surface area contributed by atoms with Gasteiger partial charge in [0.2, 0.25) is 11.8 Å². The molecule has 0 spiro atoms. The quantitative estimate of drug-likeness (QED) is 0.552. The van der Waals surface area contributed by atoms with Gasteiger partial charge in [-0.1, -0.05) is 13.8 Å². The van der Waals surface area contributed by atoms with Gasteiger partial charge in [0.05, 0.1) is 12.7 Å². The molecule has 3 unspecified atom stereocenters. The Labute approximate surface area is 124 Å². The second-order valence-electron chi connectivity index (χ2n) is 6.41. The molecule has 120 valence electrons. The summed E-state index contributed by atoms with van der Waals surface area (Å²) in [5, 5.41) is 2.79. The molecule has 1 aliphatic heterocycles. The molecule has 5 N–H and O–H groups in total. The minimum Gasteiger partial charge on any atom is -0.377 e. The molecule has 21 heavy (non-hydrogen) atoms. The lowest BCUT2D eigenvalue weighted by Crippen LogP contribution is -2.82. The van der Waals surface area contributed by atoms with E-state index in [1.165, 1.54) is 0 Å². The van der Waals surface area contributed by atoms with Crippen LogP contribution in [0.25, 0.3) is 0 Å². The Morgan fingerprint density at radius 3 is 2.81 bits per heavy atom. The smallest absolute Gasteiger partial charge is 0.243 e. The van der Waals surface area contributed by atoms with E-state index in [0.717, 1.165) is 19.4 Å². The van der Waals surface area contributed by atoms with Crippen molar-refractivity contribution < 1.29 is 19.1 Å². The average molecular weight is 299 g/mol. The van der Waals surface area contributed by atoms with Crippen molar-refractivity contribution >= 4 is 11.8 Å². The first kappa shape index (κ1) is 16.2. The number of fused-ring (bicyclic) bond motifs is 1. The number of hydrogen-bond acceptors (Lipinski definition) is 5. The molecular weight excluding hydrogens is 274 g/mol. The predicted molar refractivity (Wildman–Crippen MR) is 76.2 cm³/mol. The van der Waals surface area contributed by atoms with Crippen LogP contribution in [0.3, 0.4) is 0 Å². The van der Waals surface area contributed by atoms with Crippen LogP contribution in [0.2, 0.25) is 0 Å². The standard InChI is InChI=1S/C14H25N3O4/c1-13(2)11-9(4-3-6-21-11)14(13,16)12(19)17-5-7-20-8-10(15)18/h9,11H,3-8,16H2,1-2H3,(H2,15,18)(H,17,19). The van der Waals surface area contributed by atoms with Crippen LogP contribution in [0.4, 0.5) is 0 Å². The number of nitrogens with one attached hydrogen (secondary N) is 1. The third-order valence-corrected chi connectivity index (χ3v) is 4.84. The molecule has 3 atom stereocenters. The van der Waals surface area contributed by atoms with E-state index in [1.807, 2.05) is 13.8 Å². The van der Waals surface area contributed by atoms with Gasteiger partial charge in [0.25, 0.3) is 0 Å². The Balaban J connectivity index is 1.87. The van der Waals surface area contributed by atoms with Crippen LogP contribution in [0.5, 0.6) is 0 Å². The monoisotopic (exact) mass is 299 g/mol. The van der Waals surface area contributed by atoms with E-state index in [2.05, 4.69) is 5.32 Å². The molecule has 7 heteroatoms. The maximum absolute atomic E-state index is 12.5. The van der Waals surface area contributed by atoms with Crippen molar-refractivity contribution in [3.05, 3.63) is 0 Å². The van der Waals surface area contributed by atoms with Gasteiger partial charge in [0, 0.05) is 24.5 Å². The molecule has 0 radical (unpaired) electrons. The Kier molecular flexibility index (Phi) is 4.55. The molecule has 2 fully saturated rings. The minimum absolute atomic E-state index is 0.0492. The second-order valence-corrected chi connectivity index (χ2v) is 6.41. The Morgan fingerprint density at radius 2 is 2.14 bits per heavy atom. The molecule has 1 saturated carbocycles. The highest BCUT2D eigenvalue weighted by Gasteiger charge is 2.70. The van der Waals surface area contributed by atoms with E-state index >= 15 is 0 Å². The zero-order valence-electron chi connectivity index (χ0n) is 12.7. The van der Waals surface area contributed by atoms with Gasteiger partial charge in [-0.2, -0.15) is 0 Å². The molecule has 0 aromatic carbocycles. The third-order valence-electron chi connectivity index (χ3n) is 4.84. The van der Waals surface area contributed by atoms with E-state index in [-0.39, 0.29) is 31.1 Å². The summed E-state index contributed by atoms with van der Waals surface area (Å²) < 4.78 is 10.8. The third kappa shape index (κ3) is 2.65. The van der Waals surface area contributed by atoms with Crippen LogP contribution in [-0.2, 0) is 19.1 Å². The zero-order chi connectivity index (χ0) is 15.7. The van der Waals surface area contributed by atoms with Crippen LogP contribution in [0.1, 0.15) is 26.7 Å². The number of rotatable bonds is 6. The number of carbonyl (C=O) groups is 2. The van der Waals surface area contributed by atoms with Gasteiger partial charge in [-0.25, -0.2) is 0 Å². The molecule has 7 nitrogen and oxygen atoms in total. The summed E-state index contributed by atoms with van der Waals surface area (Å²) in [6.45, 7) is 5.08. The fraction of sp³-hybridized carbons (Fsp3) is 0.857. The number of primary amides is 1. The first-order chi connectivity index (χ1) is 9.81. The lowest BCUT2D eigenvalue weighted by molar-refractivity contribution is -0.225. The highest BCUT2D eigenvalue weighted by molar-refractivity contribution is 5.89. The summed E-state index contributed by atoms with van der Waals surface area (Å²) in [5.41, 5.74) is 10.1. The largest absolute Gasteiger partial charge is 0.377 e. The van der Waals surface area contributed by atoms with E-state index < -0.39 is 16.9 Å². The average Bonchev–Trinajstić information content (AvgIpc) is 2.45. The summed E-state index contributed by atoms with van der Waals surface area (Å²) in [6.07, 6.45) is 1.90. The van der Waals surface area contributed by atoms with Crippen LogP contribution < -0.4 is 16.8 Å². The van der Waals surface area contributed by atoms with Crippen molar-refractivity contribution in [2.75, 3.05) is 26.4 Å². The topological polar surface area (TPSA) is 117 Å². The van der Waals surface area contributed by atoms with Crippen molar-refractivity contribution in [1.29, 1.82) is 0 Å². The molecule has 0 aromatic heterocycles. The SMILES string of the molecule is CC1(C)C2OCCCC2C1(N)C(=O)NCCOCC(N)=O. The van der Waals surface area contributed by atoms with Crippen molar-refractivity contribution in [1.82, 2.24) is 5.32 Å². The summed E-state index contributed by atoms with van der Waals surface area (Å²) in [6, 6.07) is 0. The highest BCUT2D eigenvalue weighted by atomic mass is 16.5. The van der Waals surface area contributed by atoms with Crippen molar-refractivity contribution in [2.24, 2.45) is 22.8 Å². The van der Waals surface area contributed by atoms with Gasteiger partial charge in [-0.15, -0.1) is 0 Å². The lowest BCUT2D eigenvalue weighted by atomic mass is 9.46. The highest BCUT2D eigenvalue weighted by Crippen LogP contribution is 2.57. The van der Waals surface area contributed by atoms with E-state index in [9.17, 15) is 9.59 Å². The van der Waals surface area contributed by atoms with Crippen LogP contribution in [-0.4, -0.2) is 49.8 Å². The molecule has 1 saturated heterocycles. The minimum atomic E-state index is -0.915. The molecule has 2 aliphatic rings. The van der Waals surface area contributed by atoms with E-state index in [4.69, 9.17) is 20.9 Å². The second kappa shape index (κ2) is 5.90. The molecule has 0 aromatic rings. The molecular formula is C14H25N3O4. The predicted octanol–water partition coefficient (Wildman–Crippen LogP) is -0.863. The Morgan fingerprint density at radius 1 is 1.43 bits per heavy atom. The molecule has 1 heterocycles. The van der Waals surface area contributed by atoms with Gasteiger partial charge < -0.3 is 26.3 Å². The number of amides is 2. The van der Waals surface area contributed by atoms with Gasteiger partial charge >= 0.3 is 0 Å². The maximum atomic E-state index is 12.5. The fourth-order valence-electron chi connectivity index (χ4n) is 3.59. The Hall–Kier alpha value is -1.18. The molecule has 2 amide bonds. The van der Waals surface area contributed by atoms with E-state index in [0.29, 0.717) is 6.54 Å². The number of nitrogens with two attached hydrogens (primary N) is 2. The molecule has 0 bridgehead atoms. The summed E-state index contributed by atoms with van der Waals surface area (Å²) in [4.78, 5) is 23.0. The lowest BCUT2D eigenvalue weighted by Gasteiger charge is -2.65. The van der Waals surface area contributed by atoms with Crippen LogP contribution in [0.15, 0.2) is 0 Å². The number of ether oxygens (including phenoxy) is 2. The van der Waals surface area contributed by atoms with Gasteiger partial charge in [0.15, 0.2) is 0 Å². The molecule has 1 aliphatic carbocycles.